The molecule has 0 radical (unpaired) electrons. The standard InChI is InChI=1S/C19H18ClN3O2S/c1-12-9-16(23-25-12)11-26-19-17(7-4-8-21-19)18(24)22-13(2)14-5-3-6-15(20)10-14/h3-10,13H,11H2,1-2H3,(H,22,24). The van der Waals surface area contributed by atoms with Crippen LogP contribution < -0.4 is 5.32 Å². The van der Waals surface area contributed by atoms with Gasteiger partial charge in [-0.15, -0.1) is 0 Å². The van der Waals surface area contributed by atoms with Crippen LogP contribution in [-0.2, 0) is 5.75 Å². The molecule has 26 heavy (non-hydrogen) atoms. The lowest BCUT2D eigenvalue weighted by Crippen LogP contribution is -2.27. The van der Waals surface area contributed by atoms with Gasteiger partial charge in [0.15, 0.2) is 0 Å². The van der Waals surface area contributed by atoms with E-state index in [0.717, 1.165) is 17.0 Å². The molecule has 0 aliphatic carbocycles. The number of nitrogens with one attached hydrogen (secondary N) is 1. The smallest absolute Gasteiger partial charge is 0.254 e. The summed E-state index contributed by atoms with van der Waals surface area (Å²) >= 11 is 7.48. The van der Waals surface area contributed by atoms with Crippen molar-refractivity contribution >= 4 is 29.3 Å². The second-order valence-corrected chi connectivity index (χ2v) is 7.22. The van der Waals surface area contributed by atoms with Crippen LogP contribution in [0, 0.1) is 6.92 Å². The number of carbonyl (C=O) groups is 1. The van der Waals surface area contributed by atoms with Gasteiger partial charge in [0.05, 0.1) is 17.3 Å². The van der Waals surface area contributed by atoms with E-state index in [2.05, 4.69) is 15.5 Å². The summed E-state index contributed by atoms with van der Waals surface area (Å²) in [5, 5.41) is 8.26. The van der Waals surface area contributed by atoms with E-state index in [1.807, 2.05) is 38.1 Å². The van der Waals surface area contributed by atoms with Crippen molar-refractivity contribution in [3.05, 3.63) is 76.3 Å². The Morgan fingerprint density at radius 1 is 1.31 bits per heavy atom. The molecule has 1 amide bonds. The van der Waals surface area contributed by atoms with Crippen molar-refractivity contribution in [2.45, 2.75) is 30.7 Å². The number of thioether (sulfide) groups is 1. The Hall–Kier alpha value is -2.31. The Morgan fingerprint density at radius 2 is 2.15 bits per heavy atom. The zero-order valence-electron chi connectivity index (χ0n) is 14.4. The lowest BCUT2D eigenvalue weighted by Gasteiger charge is -2.15. The fourth-order valence-corrected chi connectivity index (χ4v) is 3.51. The first-order valence-electron chi connectivity index (χ1n) is 8.09. The fraction of sp³-hybridized carbons (Fsp3) is 0.211. The highest BCUT2D eigenvalue weighted by molar-refractivity contribution is 7.98. The molecule has 134 valence electrons. The van der Waals surface area contributed by atoms with Gasteiger partial charge in [-0.2, -0.15) is 0 Å². The minimum absolute atomic E-state index is 0.169. The molecular formula is C19H18ClN3O2S. The number of hydrogen-bond donors (Lipinski definition) is 1. The molecular weight excluding hydrogens is 370 g/mol. The number of benzene rings is 1. The van der Waals surface area contributed by atoms with Gasteiger partial charge in [0.2, 0.25) is 0 Å². The molecule has 0 saturated heterocycles. The van der Waals surface area contributed by atoms with E-state index in [0.29, 0.717) is 21.4 Å². The lowest BCUT2D eigenvalue weighted by atomic mass is 10.1. The number of halogens is 1. The Balaban J connectivity index is 1.71. The van der Waals surface area contributed by atoms with Crippen molar-refractivity contribution in [3.8, 4) is 0 Å². The summed E-state index contributed by atoms with van der Waals surface area (Å²) in [4.78, 5) is 17.1. The third-order valence-corrected chi connectivity index (χ3v) is 5.02. The summed E-state index contributed by atoms with van der Waals surface area (Å²) in [5.41, 5.74) is 2.30. The first kappa shape index (κ1) is 18.5. The van der Waals surface area contributed by atoms with Crippen molar-refractivity contribution < 1.29 is 9.32 Å². The summed E-state index contributed by atoms with van der Waals surface area (Å²) < 4.78 is 5.07. The van der Waals surface area contributed by atoms with Gasteiger partial charge in [0, 0.05) is 23.0 Å². The monoisotopic (exact) mass is 387 g/mol. The summed E-state index contributed by atoms with van der Waals surface area (Å²) in [5.74, 6) is 1.16. The van der Waals surface area contributed by atoms with E-state index >= 15 is 0 Å². The van der Waals surface area contributed by atoms with Crippen LogP contribution in [0.3, 0.4) is 0 Å². The number of nitrogens with zero attached hydrogens (tertiary/aromatic N) is 2. The molecule has 0 aliphatic rings. The van der Waals surface area contributed by atoms with Crippen LogP contribution >= 0.6 is 23.4 Å². The van der Waals surface area contributed by atoms with Gasteiger partial charge >= 0.3 is 0 Å². The molecule has 2 aromatic heterocycles. The lowest BCUT2D eigenvalue weighted by molar-refractivity contribution is 0.0936. The first-order valence-corrected chi connectivity index (χ1v) is 9.45. The second-order valence-electron chi connectivity index (χ2n) is 5.82. The van der Waals surface area contributed by atoms with E-state index in [1.54, 1.807) is 24.4 Å². The number of rotatable bonds is 6. The average Bonchev–Trinajstić information content (AvgIpc) is 3.05. The summed E-state index contributed by atoms with van der Waals surface area (Å²) in [6, 6.07) is 12.7. The molecule has 0 saturated carbocycles. The van der Waals surface area contributed by atoms with Gasteiger partial charge in [-0.3, -0.25) is 4.79 Å². The van der Waals surface area contributed by atoms with Crippen molar-refractivity contribution in [3.63, 3.8) is 0 Å². The number of aryl methyl sites for hydroxylation is 1. The molecule has 0 bridgehead atoms. The van der Waals surface area contributed by atoms with Gasteiger partial charge in [-0.05, 0) is 43.7 Å². The molecule has 7 heteroatoms. The van der Waals surface area contributed by atoms with Crippen LogP contribution in [0.2, 0.25) is 5.02 Å². The van der Waals surface area contributed by atoms with Crippen molar-refractivity contribution in [1.29, 1.82) is 0 Å². The van der Waals surface area contributed by atoms with E-state index in [4.69, 9.17) is 16.1 Å². The Morgan fingerprint density at radius 3 is 2.88 bits per heavy atom. The van der Waals surface area contributed by atoms with E-state index in [-0.39, 0.29) is 11.9 Å². The first-order chi connectivity index (χ1) is 12.5. The molecule has 0 fully saturated rings. The van der Waals surface area contributed by atoms with Crippen LogP contribution in [0.15, 0.2) is 58.2 Å². The summed E-state index contributed by atoms with van der Waals surface area (Å²) in [6.07, 6.45) is 1.67. The van der Waals surface area contributed by atoms with Gasteiger partial charge in [-0.1, -0.05) is 40.7 Å². The number of carbonyl (C=O) groups excluding carboxylic acids is 1. The Kier molecular flexibility index (Phi) is 5.96. The molecule has 1 atom stereocenters. The largest absolute Gasteiger partial charge is 0.361 e. The maximum Gasteiger partial charge on any atom is 0.254 e. The predicted molar refractivity (Wildman–Crippen MR) is 102 cm³/mol. The van der Waals surface area contributed by atoms with Crippen LogP contribution in [0.1, 0.15) is 40.3 Å². The van der Waals surface area contributed by atoms with Gasteiger partial charge in [-0.25, -0.2) is 4.98 Å². The molecule has 0 aliphatic heterocycles. The van der Waals surface area contributed by atoms with Crippen LogP contribution in [-0.4, -0.2) is 16.0 Å². The van der Waals surface area contributed by atoms with Gasteiger partial charge in [0.25, 0.3) is 5.91 Å². The minimum atomic E-state index is -0.176. The molecule has 0 spiro atoms. The van der Waals surface area contributed by atoms with Gasteiger partial charge < -0.3 is 9.84 Å². The van der Waals surface area contributed by atoms with Crippen molar-refractivity contribution in [2.24, 2.45) is 0 Å². The summed E-state index contributed by atoms with van der Waals surface area (Å²) in [7, 11) is 0. The quantitative estimate of drug-likeness (QED) is 0.614. The normalized spacial score (nSPS) is 12.0. The SMILES string of the molecule is Cc1cc(CSc2ncccc2C(=O)NC(C)c2cccc(Cl)c2)no1. The molecule has 5 nitrogen and oxygen atoms in total. The van der Waals surface area contributed by atoms with Crippen LogP contribution in [0.4, 0.5) is 0 Å². The molecule has 1 unspecified atom stereocenters. The predicted octanol–water partition coefficient (Wildman–Crippen LogP) is 4.81. The van der Waals surface area contributed by atoms with Crippen molar-refractivity contribution in [1.82, 2.24) is 15.5 Å². The maximum absolute atomic E-state index is 12.7. The van der Waals surface area contributed by atoms with E-state index < -0.39 is 0 Å². The Bertz CT molecular complexity index is 913. The highest BCUT2D eigenvalue weighted by atomic mass is 35.5. The van der Waals surface area contributed by atoms with E-state index in [9.17, 15) is 4.79 Å². The molecule has 3 rings (SSSR count). The van der Waals surface area contributed by atoms with Crippen LogP contribution in [0.25, 0.3) is 0 Å². The van der Waals surface area contributed by atoms with Crippen molar-refractivity contribution in [2.75, 3.05) is 0 Å². The summed E-state index contributed by atoms with van der Waals surface area (Å²) in [6.45, 7) is 3.77. The van der Waals surface area contributed by atoms with Crippen LogP contribution in [0.5, 0.6) is 0 Å². The highest BCUT2D eigenvalue weighted by Crippen LogP contribution is 2.25. The third-order valence-electron chi connectivity index (χ3n) is 3.75. The number of hydrogen-bond acceptors (Lipinski definition) is 5. The van der Waals surface area contributed by atoms with Gasteiger partial charge in [0.1, 0.15) is 10.8 Å². The molecule has 3 aromatic rings. The topological polar surface area (TPSA) is 68.0 Å². The molecule has 1 N–H and O–H groups in total. The maximum atomic E-state index is 12.7. The molecule has 1 aromatic carbocycles. The Labute approximate surface area is 161 Å². The zero-order chi connectivity index (χ0) is 18.5. The number of pyridine rings is 1. The third kappa shape index (κ3) is 4.65. The second kappa shape index (κ2) is 8.38. The fourth-order valence-electron chi connectivity index (χ4n) is 2.44. The number of aromatic nitrogens is 2. The van der Waals surface area contributed by atoms with E-state index in [1.165, 1.54) is 11.8 Å². The highest BCUT2D eigenvalue weighted by Gasteiger charge is 2.16. The zero-order valence-corrected chi connectivity index (χ0v) is 16.0. The molecule has 2 heterocycles. The average molecular weight is 388 g/mol. The minimum Gasteiger partial charge on any atom is -0.361 e. The number of amides is 1.